The normalized spacial score (nSPS) is 11.5. The van der Waals surface area contributed by atoms with E-state index in [9.17, 15) is 8.42 Å². The first-order chi connectivity index (χ1) is 8.42. The Morgan fingerprint density at radius 3 is 2.67 bits per heavy atom. The molecule has 0 saturated heterocycles. The van der Waals surface area contributed by atoms with E-state index in [2.05, 4.69) is 14.9 Å². The SMILES string of the molecule is Cc1noc(NS(=O)(=O)c2cnccc2Cl)c1C. The summed E-state index contributed by atoms with van der Waals surface area (Å²) < 4.78 is 31.3. The predicted molar refractivity (Wildman–Crippen MR) is 66.0 cm³/mol. The molecule has 0 aliphatic heterocycles. The number of rotatable bonds is 3. The van der Waals surface area contributed by atoms with Gasteiger partial charge in [-0.3, -0.25) is 4.98 Å². The van der Waals surface area contributed by atoms with Crippen LogP contribution in [0, 0.1) is 13.8 Å². The second-order valence-corrected chi connectivity index (χ2v) is 5.69. The zero-order valence-electron chi connectivity index (χ0n) is 9.64. The Hall–Kier alpha value is -1.60. The molecular weight excluding hydrogens is 278 g/mol. The third-order valence-electron chi connectivity index (χ3n) is 2.41. The van der Waals surface area contributed by atoms with Gasteiger partial charge in [-0.25, -0.2) is 13.1 Å². The van der Waals surface area contributed by atoms with Gasteiger partial charge in [0.05, 0.1) is 10.7 Å². The highest BCUT2D eigenvalue weighted by molar-refractivity contribution is 7.92. The minimum absolute atomic E-state index is 0.0763. The average molecular weight is 288 g/mol. The van der Waals surface area contributed by atoms with Crippen LogP contribution in [0.15, 0.2) is 27.9 Å². The zero-order chi connectivity index (χ0) is 13.3. The lowest BCUT2D eigenvalue weighted by molar-refractivity contribution is 0.430. The van der Waals surface area contributed by atoms with Crippen molar-refractivity contribution in [2.45, 2.75) is 18.7 Å². The number of anilines is 1. The molecule has 2 heterocycles. The summed E-state index contributed by atoms with van der Waals surface area (Å²) >= 11 is 5.81. The van der Waals surface area contributed by atoms with Gasteiger partial charge < -0.3 is 4.52 Å². The van der Waals surface area contributed by atoms with Crippen molar-refractivity contribution in [2.24, 2.45) is 0 Å². The first-order valence-electron chi connectivity index (χ1n) is 4.97. The molecular formula is C10H10ClN3O3S. The second kappa shape index (κ2) is 4.58. The summed E-state index contributed by atoms with van der Waals surface area (Å²) in [5.74, 6) is 0.0763. The van der Waals surface area contributed by atoms with Crippen molar-refractivity contribution in [3.05, 3.63) is 34.7 Å². The van der Waals surface area contributed by atoms with E-state index in [4.69, 9.17) is 16.1 Å². The molecule has 6 nitrogen and oxygen atoms in total. The van der Waals surface area contributed by atoms with Gasteiger partial charge >= 0.3 is 0 Å². The maximum Gasteiger partial charge on any atom is 0.267 e. The Bertz CT molecular complexity index is 681. The highest BCUT2D eigenvalue weighted by Gasteiger charge is 2.21. The van der Waals surface area contributed by atoms with Crippen LogP contribution in [0.2, 0.25) is 5.02 Å². The van der Waals surface area contributed by atoms with Crippen molar-refractivity contribution < 1.29 is 12.9 Å². The highest BCUT2D eigenvalue weighted by Crippen LogP contribution is 2.24. The fourth-order valence-electron chi connectivity index (χ4n) is 1.25. The fraction of sp³-hybridized carbons (Fsp3) is 0.200. The minimum Gasteiger partial charge on any atom is -0.337 e. The van der Waals surface area contributed by atoms with E-state index in [1.54, 1.807) is 13.8 Å². The number of aryl methyl sites for hydroxylation is 1. The average Bonchev–Trinajstić information content (AvgIpc) is 2.61. The van der Waals surface area contributed by atoms with Gasteiger partial charge in [0.2, 0.25) is 5.88 Å². The fourth-order valence-corrected chi connectivity index (χ4v) is 2.73. The highest BCUT2D eigenvalue weighted by atomic mass is 35.5. The molecule has 1 N–H and O–H groups in total. The topological polar surface area (TPSA) is 85.1 Å². The molecule has 96 valence electrons. The van der Waals surface area contributed by atoms with Crippen LogP contribution in [0.3, 0.4) is 0 Å². The van der Waals surface area contributed by atoms with E-state index >= 15 is 0 Å². The molecule has 8 heteroatoms. The van der Waals surface area contributed by atoms with Crippen LogP contribution in [0.4, 0.5) is 5.88 Å². The first-order valence-corrected chi connectivity index (χ1v) is 6.83. The Morgan fingerprint density at radius 2 is 2.11 bits per heavy atom. The van der Waals surface area contributed by atoms with Crippen LogP contribution in [-0.2, 0) is 10.0 Å². The zero-order valence-corrected chi connectivity index (χ0v) is 11.2. The van der Waals surface area contributed by atoms with E-state index < -0.39 is 10.0 Å². The Balaban J connectivity index is 2.40. The molecule has 2 rings (SSSR count). The third-order valence-corrected chi connectivity index (χ3v) is 4.21. The minimum atomic E-state index is -3.83. The van der Waals surface area contributed by atoms with Crippen LogP contribution in [-0.4, -0.2) is 18.6 Å². The standard InChI is InChI=1S/C10H10ClN3O3S/c1-6-7(2)13-17-10(6)14-18(15,16)9-5-12-4-3-8(9)11/h3-5,14H,1-2H3. The number of hydrogen-bond donors (Lipinski definition) is 1. The quantitative estimate of drug-likeness (QED) is 0.935. The summed E-state index contributed by atoms with van der Waals surface area (Å²) in [4.78, 5) is 3.62. The molecule has 0 amide bonds. The number of hydrogen-bond acceptors (Lipinski definition) is 5. The molecule has 0 saturated carbocycles. The largest absolute Gasteiger partial charge is 0.337 e. The summed E-state index contributed by atoms with van der Waals surface area (Å²) in [5.41, 5.74) is 1.24. The van der Waals surface area contributed by atoms with Crippen molar-refractivity contribution in [3.8, 4) is 0 Å². The summed E-state index contributed by atoms with van der Waals surface area (Å²) in [6, 6.07) is 1.40. The summed E-state index contributed by atoms with van der Waals surface area (Å²) in [6.45, 7) is 3.42. The Kier molecular flexibility index (Phi) is 3.27. The Labute approximate surface area is 109 Å². The van der Waals surface area contributed by atoms with Gasteiger partial charge in [-0.2, -0.15) is 0 Å². The van der Waals surface area contributed by atoms with Crippen molar-refractivity contribution >= 4 is 27.5 Å². The smallest absolute Gasteiger partial charge is 0.267 e. The van der Waals surface area contributed by atoms with Gasteiger partial charge in [-0.05, 0) is 19.9 Å². The van der Waals surface area contributed by atoms with E-state index in [1.807, 2.05) is 0 Å². The predicted octanol–water partition coefficient (Wildman–Crippen LogP) is 2.14. The van der Waals surface area contributed by atoms with Gasteiger partial charge in [-0.1, -0.05) is 16.8 Å². The van der Waals surface area contributed by atoms with Gasteiger partial charge in [0.1, 0.15) is 4.90 Å². The first kappa shape index (κ1) is 12.8. The molecule has 0 atom stereocenters. The van der Waals surface area contributed by atoms with Crippen LogP contribution in [0.1, 0.15) is 11.3 Å². The lowest BCUT2D eigenvalue weighted by atomic mass is 10.3. The van der Waals surface area contributed by atoms with Crippen LogP contribution < -0.4 is 4.72 Å². The van der Waals surface area contributed by atoms with E-state index in [1.165, 1.54) is 18.5 Å². The lowest BCUT2D eigenvalue weighted by Gasteiger charge is -2.06. The molecule has 2 aromatic rings. The second-order valence-electron chi connectivity index (χ2n) is 3.63. The number of aromatic nitrogens is 2. The van der Waals surface area contributed by atoms with Gasteiger partial charge in [0.25, 0.3) is 10.0 Å². The molecule has 18 heavy (non-hydrogen) atoms. The molecule has 0 aliphatic rings. The van der Waals surface area contributed by atoms with E-state index in [0.29, 0.717) is 11.3 Å². The third kappa shape index (κ3) is 2.32. The van der Waals surface area contributed by atoms with Crippen molar-refractivity contribution in [3.63, 3.8) is 0 Å². The molecule has 0 unspecified atom stereocenters. The monoisotopic (exact) mass is 287 g/mol. The van der Waals surface area contributed by atoms with E-state index in [-0.39, 0.29) is 15.8 Å². The molecule has 0 bridgehead atoms. The molecule has 0 fully saturated rings. The van der Waals surface area contributed by atoms with Gasteiger partial charge in [-0.15, -0.1) is 0 Å². The maximum absolute atomic E-state index is 12.1. The van der Waals surface area contributed by atoms with Crippen molar-refractivity contribution in [2.75, 3.05) is 4.72 Å². The Morgan fingerprint density at radius 1 is 1.39 bits per heavy atom. The summed E-state index contributed by atoms with van der Waals surface area (Å²) in [6.07, 6.45) is 2.58. The number of nitrogens with zero attached hydrogens (tertiary/aromatic N) is 2. The van der Waals surface area contributed by atoms with Crippen LogP contribution in [0.5, 0.6) is 0 Å². The van der Waals surface area contributed by atoms with Crippen molar-refractivity contribution in [1.82, 2.24) is 10.1 Å². The summed E-state index contributed by atoms with van der Waals surface area (Å²) in [5, 5.41) is 3.76. The molecule has 0 aromatic carbocycles. The van der Waals surface area contributed by atoms with Crippen LogP contribution in [0.25, 0.3) is 0 Å². The number of halogens is 1. The van der Waals surface area contributed by atoms with Crippen LogP contribution >= 0.6 is 11.6 Å². The van der Waals surface area contributed by atoms with Gasteiger partial charge in [0, 0.05) is 18.0 Å². The van der Waals surface area contributed by atoms with Gasteiger partial charge in [0.15, 0.2) is 0 Å². The molecule has 0 aliphatic carbocycles. The van der Waals surface area contributed by atoms with Crippen molar-refractivity contribution in [1.29, 1.82) is 0 Å². The number of sulfonamides is 1. The maximum atomic E-state index is 12.1. The molecule has 0 radical (unpaired) electrons. The van der Waals surface area contributed by atoms with E-state index in [0.717, 1.165) is 0 Å². The summed E-state index contributed by atoms with van der Waals surface area (Å²) in [7, 11) is -3.83. The number of nitrogens with one attached hydrogen (secondary N) is 1. The number of pyridine rings is 1. The lowest BCUT2D eigenvalue weighted by Crippen LogP contribution is -2.14. The molecule has 0 spiro atoms. The molecule has 2 aromatic heterocycles.